The van der Waals surface area contributed by atoms with Crippen LogP contribution in [0, 0.1) is 12.8 Å². The van der Waals surface area contributed by atoms with Crippen molar-refractivity contribution in [2.24, 2.45) is 13.0 Å². The van der Waals surface area contributed by atoms with Gasteiger partial charge in [0.15, 0.2) is 0 Å². The predicted molar refractivity (Wildman–Crippen MR) is 76.9 cm³/mol. The average Bonchev–Trinajstić information content (AvgIpc) is 2.69. The number of rotatable bonds is 5. The Morgan fingerprint density at radius 3 is 2.68 bits per heavy atom. The minimum absolute atomic E-state index is 0.501. The number of aliphatic hydroxyl groups is 1. The summed E-state index contributed by atoms with van der Waals surface area (Å²) in [5, 5.41) is 18.3. The molecule has 0 amide bonds. The van der Waals surface area contributed by atoms with Gasteiger partial charge in [0.1, 0.15) is 0 Å². The highest BCUT2D eigenvalue weighted by molar-refractivity contribution is 5.08. The van der Waals surface area contributed by atoms with E-state index in [9.17, 15) is 5.11 Å². The van der Waals surface area contributed by atoms with Crippen LogP contribution in [0.2, 0.25) is 0 Å². The highest BCUT2D eigenvalue weighted by atomic mass is 16.3. The second kappa shape index (κ2) is 6.06. The molecule has 19 heavy (non-hydrogen) atoms. The summed E-state index contributed by atoms with van der Waals surface area (Å²) >= 11 is 0. The van der Waals surface area contributed by atoms with Gasteiger partial charge in [0.2, 0.25) is 0 Å². The van der Waals surface area contributed by atoms with Crippen LogP contribution >= 0.6 is 0 Å². The van der Waals surface area contributed by atoms with E-state index >= 15 is 0 Å². The molecule has 0 aromatic carbocycles. The van der Waals surface area contributed by atoms with Gasteiger partial charge < -0.3 is 10.4 Å². The van der Waals surface area contributed by atoms with E-state index in [4.69, 9.17) is 0 Å². The van der Waals surface area contributed by atoms with Gasteiger partial charge >= 0.3 is 0 Å². The molecule has 1 aliphatic rings. The first-order chi connectivity index (χ1) is 9.02. The van der Waals surface area contributed by atoms with Crippen molar-refractivity contribution in [3.05, 3.63) is 17.5 Å². The largest absolute Gasteiger partial charge is 0.389 e. The number of aryl methyl sites for hydroxylation is 2. The molecule has 0 aliphatic heterocycles. The Morgan fingerprint density at radius 1 is 1.47 bits per heavy atom. The molecule has 1 fully saturated rings. The Hall–Kier alpha value is -0.870. The highest BCUT2D eigenvalue weighted by Crippen LogP contribution is 2.33. The SMILES string of the molecule is CCC1CCC(O)(CNCc2cc(C)nn2C)CC1. The van der Waals surface area contributed by atoms with Crippen LogP contribution in [0.25, 0.3) is 0 Å². The highest BCUT2D eigenvalue weighted by Gasteiger charge is 2.32. The maximum Gasteiger partial charge on any atom is 0.0771 e. The molecule has 1 aromatic heterocycles. The van der Waals surface area contributed by atoms with Crippen LogP contribution in [0.5, 0.6) is 0 Å². The molecule has 0 atom stereocenters. The van der Waals surface area contributed by atoms with Crippen LogP contribution in [0.4, 0.5) is 0 Å². The van der Waals surface area contributed by atoms with Crippen molar-refractivity contribution in [2.75, 3.05) is 6.54 Å². The molecule has 1 heterocycles. The summed E-state index contributed by atoms with van der Waals surface area (Å²) in [5.74, 6) is 0.819. The first-order valence-electron chi connectivity index (χ1n) is 7.45. The van der Waals surface area contributed by atoms with Crippen molar-refractivity contribution in [3.8, 4) is 0 Å². The second-order valence-corrected chi connectivity index (χ2v) is 6.08. The van der Waals surface area contributed by atoms with Gasteiger partial charge in [-0.15, -0.1) is 0 Å². The van der Waals surface area contributed by atoms with Crippen LogP contribution in [-0.4, -0.2) is 27.0 Å². The molecule has 0 bridgehead atoms. The number of nitrogens with one attached hydrogen (secondary N) is 1. The second-order valence-electron chi connectivity index (χ2n) is 6.08. The van der Waals surface area contributed by atoms with E-state index in [-0.39, 0.29) is 0 Å². The molecule has 1 saturated carbocycles. The maximum atomic E-state index is 10.6. The molecular formula is C15H27N3O. The fraction of sp³-hybridized carbons (Fsp3) is 0.800. The van der Waals surface area contributed by atoms with Gasteiger partial charge in [-0.2, -0.15) is 5.10 Å². The zero-order chi connectivity index (χ0) is 13.9. The summed E-state index contributed by atoms with van der Waals surface area (Å²) in [5.41, 5.74) is 1.71. The fourth-order valence-corrected chi connectivity index (χ4v) is 3.05. The topological polar surface area (TPSA) is 50.1 Å². The molecule has 0 spiro atoms. The lowest BCUT2D eigenvalue weighted by atomic mass is 9.78. The monoisotopic (exact) mass is 265 g/mol. The summed E-state index contributed by atoms with van der Waals surface area (Å²) in [6.07, 6.45) is 5.45. The Morgan fingerprint density at radius 2 is 2.16 bits per heavy atom. The third kappa shape index (κ3) is 3.80. The molecule has 0 saturated heterocycles. The van der Waals surface area contributed by atoms with Gasteiger partial charge in [0, 0.05) is 20.1 Å². The molecule has 0 radical (unpaired) electrons. The van der Waals surface area contributed by atoms with Crippen molar-refractivity contribution in [2.45, 2.75) is 58.1 Å². The third-order valence-electron chi connectivity index (χ3n) is 4.47. The van der Waals surface area contributed by atoms with Gasteiger partial charge in [-0.3, -0.25) is 4.68 Å². The summed E-state index contributed by atoms with van der Waals surface area (Å²) in [7, 11) is 1.96. The Balaban J connectivity index is 1.78. The van der Waals surface area contributed by atoms with E-state index in [1.807, 2.05) is 18.7 Å². The minimum Gasteiger partial charge on any atom is -0.389 e. The van der Waals surface area contributed by atoms with E-state index in [0.29, 0.717) is 6.54 Å². The zero-order valence-corrected chi connectivity index (χ0v) is 12.4. The van der Waals surface area contributed by atoms with Gasteiger partial charge in [-0.25, -0.2) is 0 Å². The summed E-state index contributed by atoms with van der Waals surface area (Å²) in [6.45, 7) is 5.71. The van der Waals surface area contributed by atoms with Crippen molar-refractivity contribution in [3.63, 3.8) is 0 Å². The van der Waals surface area contributed by atoms with E-state index in [1.54, 1.807) is 0 Å². The third-order valence-corrected chi connectivity index (χ3v) is 4.47. The van der Waals surface area contributed by atoms with Crippen molar-refractivity contribution in [1.82, 2.24) is 15.1 Å². The Bertz CT molecular complexity index is 406. The molecule has 4 heteroatoms. The van der Waals surface area contributed by atoms with Crippen molar-refractivity contribution < 1.29 is 5.11 Å². The quantitative estimate of drug-likeness (QED) is 0.857. The minimum atomic E-state index is -0.501. The molecule has 1 aliphatic carbocycles. The Kier molecular flexibility index (Phi) is 4.63. The van der Waals surface area contributed by atoms with Crippen LogP contribution in [0.3, 0.4) is 0 Å². The van der Waals surface area contributed by atoms with Crippen LogP contribution in [0.15, 0.2) is 6.07 Å². The predicted octanol–water partition coefficient (Wildman–Crippen LogP) is 2.15. The average molecular weight is 265 g/mol. The summed E-state index contributed by atoms with van der Waals surface area (Å²) in [4.78, 5) is 0. The lowest BCUT2D eigenvalue weighted by Crippen LogP contribution is -2.43. The number of hydrogen-bond acceptors (Lipinski definition) is 3. The van der Waals surface area contributed by atoms with Gasteiger partial charge in [-0.05, 0) is 44.6 Å². The molecule has 2 N–H and O–H groups in total. The molecule has 1 aromatic rings. The molecule has 108 valence electrons. The first kappa shape index (κ1) is 14.5. The van der Waals surface area contributed by atoms with Gasteiger partial charge in [-0.1, -0.05) is 13.3 Å². The number of hydrogen-bond donors (Lipinski definition) is 2. The lowest BCUT2D eigenvalue weighted by molar-refractivity contribution is -0.00891. The number of nitrogens with zero attached hydrogens (tertiary/aromatic N) is 2. The normalized spacial score (nSPS) is 27.7. The smallest absolute Gasteiger partial charge is 0.0771 e. The number of aromatic nitrogens is 2. The molecule has 4 nitrogen and oxygen atoms in total. The van der Waals surface area contributed by atoms with E-state index < -0.39 is 5.60 Å². The van der Waals surface area contributed by atoms with E-state index in [1.165, 1.54) is 25.0 Å². The van der Waals surface area contributed by atoms with Gasteiger partial charge in [0.25, 0.3) is 0 Å². The summed E-state index contributed by atoms with van der Waals surface area (Å²) in [6, 6.07) is 2.09. The zero-order valence-electron chi connectivity index (χ0n) is 12.4. The van der Waals surface area contributed by atoms with Crippen LogP contribution < -0.4 is 5.32 Å². The lowest BCUT2D eigenvalue weighted by Gasteiger charge is -2.36. The Labute approximate surface area is 116 Å². The van der Waals surface area contributed by atoms with Crippen LogP contribution in [0.1, 0.15) is 50.4 Å². The molecular weight excluding hydrogens is 238 g/mol. The first-order valence-corrected chi connectivity index (χ1v) is 7.45. The van der Waals surface area contributed by atoms with Gasteiger partial charge in [0.05, 0.1) is 17.0 Å². The summed E-state index contributed by atoms with van der Waals surface area (Å²) < 4.78 is 1.90. The molecule has 2 rings (SSSR count). The maximum absolute atomic E-state index is 10.6. The van der Waals surface area contributed by atoms with Crippen LogP contribution in [-0.2, 0) is 13.6 Å². The fourth-order valence-electron chi connectivity index (χ4n) is 3.05. The van der Waals surface area contributed by atoms with Crippen molar-refractivity contribution in [1.29, 1.82) is 0 Å². The van der Waals surface area contributed by atoms with E-state index in [2.05, 4.69) is 23.4 Å². The van der Waals surface area contributed by atoms with Crippen molar-refractivity contribution >= 4 is 0 Å². The van der Waals surface area contributed by atoms with E-state index in [0.717, 1.165) is 31.0 Å². The molecule has 0 unspecified atom stereocenters. The standard InChI is InChI=1S/C15H27N3O/c1-4-13-5-7-15(19,8-6-13)11-16-10-14-9-12(2)17-18(14)3/h9,13,16,19H,4-8,10-11H2,1-3H3.